The van der Waals surface area contributed by atoms with E-state index in [2.05, 4.69) is 24.1 Å². The summed E-state index contributed by atoms with van der Waals surface area (Å²) >= 11 is 5.79. The van der Waals surface area contributed by atoms with Gasteiger partial charge in [-0.05, 0) is 38.1 Å². The zero-order chi connectivity index (χ0) is 14.8. The van der Waals surface area contributed by atoms with Crippen LogP contribution in [0.5, 0.6) is 0 Å². The van der Waals surface area contributed by atoms with Gasteiger partial charge in [0.1, 0.15) is 0 Å². The SMILES string of the molecule is CC1(C)CNCCN1CCS(=O)(=O)c1ccc(Cl)cc1. The molecule has 1 fully saturated rings. The number of benzene rings is 1. The van der Waals surface area contributed by atoms with E-state index in [0.29, 0.717) is 16.5 Å². The summed E-state index contributed by atoms with van der Waals surface area (Å²) in [5.74, 6) is 0.137. The lowest BCUT2D eigenvalue weighted by molar-refractivity contribution is 0.0981. The van der Waals surface area contributed by atoms with Crippen LogP contribution in [0.3, 0.4) is 0 Å². The second-order valence-corrected chi connectivity index (χ2v) is 8.29. The Kier molecular flexibility index (Phi) is 4.74. The minimum absolute atomic E-state index is 0.00618. The molecule has 0 spiro atoms. The summed E-state index contributed by atoms with van der Waals surface area (Å²) in [6.45, 7) is 7.49. The van der Waals surface area contributed by atoms with Gasteiger partial charge in [-0.2, -0.15) is 0 Å². The summed E-state index contributed by atoms with van der Waals surface area (Å²) in [4.78, 5) is 2.58. The summed E-state index contributed by atoms with van der Waals surface area (Å²) in [6, 6.07) is 6.37. The van der Waals surface area contributed by atoms with Gasteiger partial charge < -0.3 is 5.32 Å². The van der Waals surface area contributed by atoms with Gasteiger partial charge in [-0.25, -0.2) is 8.42 Å². The van der Waals surface area contributed by atoms with Gasteiger partial charge >= 0.3 is 0 Å². The van der Waals surface area contributed by atoms with Crippen LogP contribution in [-0.2, 0) is 9.84 Å². The third kappa shape index (κ3) is 3.73. The first kappa shape index (κ1) is 15.8. The molecule has 0 radical (unpaired) electrons. The lowest BCUT2D eigenvalue weighted by atomic mass is 10.0. The molecule has 112 valence electrons. The smallest absolute Gasteiger partial charge is 0.179 e. The molecule has 1 aliphatic heterocycles. The average Bonchev–Trinajstić information content (AvgIpc) is 2.37. The molecular formula is C14H21ClN2O2S. The molecule has 0 unspecified atom stereocenters. The zero-order valence-electron chi connectivity index (χ0n) is 11.9. The molecule has 1 aliphatic rings. The fraction of sp³-hybridized carbons (Fsp3) is 0.571. The third-order valence-electron chi connectivity index (χ3n) is 3.77. The average molecular weight is 317 g/mol. The van der Waals surface area contributed by atoms with Gasteiger partial charge in [-0.3, -0.25) is 4.90 Å². The Bertz CT molecular complexity index is 555. The molecule has 1 aromatic carbocycles. The van der Waals surface area contributed by atoms with Crippen molar-refractivity contribution in [3.05, 3.63) is 29.3 Å². The number of halogens is 1. The first-order valence-electron chi connectivity index (χ1n) is 6.75. The minimum atomic E-state index is -3.25. The van der Waals surface area contributed by atoms with Gasteiger partial charge in [0.15, 0.2) is 9.84 Å². The minimum Gasteiger partial charge on any atom is -0.314 e. The van der Waals surface area contributed by atoms with Crippen LogP contribution in [0.1, 0.15) is 13.8 Å². The molecule has 1 heterocycles. The van der Waals surface area contributed by atoms with Crippen LogP contribution >= 0.6 is 11.6 Å². The molecule has 0 bridgehead atoms. The largest absolute Gasteiger partial charge is 0.314 e. The molecule has 20 heavy (non-hydrogen) atoms. The Labute approximate surface area is 126 Å². The van der Waals surface area contributed by atoms with Gasteiger partial charge in [-0.15, -0.1) is 0 Å². The molecular weight excluding hydrogens is 296 g/mol. The molecule has 0 aliphatic carbocycles. The quantitative estimate of drug-likeness (QED) is 0.920. The van der Waals surface area contributed by atoms with Crippen molar-refractivity contribution in [3.63, 3.8) is 0 Å². The highest BCUT2D eigenvalue weighted by atomic mass is 35.5. The summed E-state index contributed by atoms with van der Waals surface area (Å²) in [5, 5.41) is 3.88. The van der Waals surface area contributed by atoms with Crippen LogP contribution in [-0.4, -0.2) is 50.8 Å². The molecule has 1 aromatic rings. The lowest BCUT2D eigenvalue weighted by Gasteiger charge is -2.42. The monoisotopic (exact) mass is 316 g/mol. The summed E-state index contributed by atoms with van der Waals surface area (Å²) in [6.07, 6.45) is 0. The van der Waals surface area contributed by atoms with E-state index in [4.69, 9.17) is 11.6 Å². The Hall–Kier alpha value is -0.620. The number of sulfone groups is 1. The van der Waals surface area contributed by atoms with E-state index in [1.807, 2.05) is 0 Å². The van der Waals surface area contributed by atoms with Crippen LogP contribution in [0.25, 0.3) is 0 Å². The molecule has 0 amide bonds. The van der Waals surface area contributed by atoms with Crippen molar-refractivity contribution in [3.8, 4) is 0 Å². The Balaban J connectivity index is 2.04. The van der Waals surface area contributed by atoms with Gasteiger partial charge in [0.25, 0.3) is 0 Å². The van der Waals surface area contributed by atoms with Gasteiger partial charge in [0.05, 0.1) is 10.6 Å². The molecule has 1 saturated heterocycles. The maximum atomic E-state index is 12.3. The summed E-state index contributed by atoms with van der Waals surface area (Å²) < 4.78 is 24.6. The van der Waals surface area contributed by atoms with E-state index < -0.39 is 9.84 Å². The van der Waals surface area contributed by atoms with Crippen LogP contribution < -0.4 is 5.32 Å². The van der Waals surface area contributed by atoms with E-state index in [1.54, 1.807) is 24.3 Å². The highest BCUT2D eigenvalue weighted by Gasteiger charge is 2.30. The Morgan fingerprint density at radius 2 is 1.95 bits per heavy atom. The number of nitrogens with zero attached hydrogens (tertiary/aromatic N) is 1. The standard InChI is InChI=1S/C14H21ClN2O2S/c1-14(2)11-16-7-8-17(14)9-10-20(18,19)13-5-3-12(15)4-6-13/h3-6,16H,7-11H2,1-2H3. The third-order valence-corrected chi connectivity index (χ3v) is 5.74. The Morgan fingerprint density at radius 1 is 1.30 bits per heavy atom. The second kappa shape index (κ2) is 6.02. The van der Waals surface area contributed by atoms with Crippen LogP contribution in [0.4, 0.5) is 0 Å². The number of hydrogen-bond donors (Lipinski definition) is 1. The molecule has 1 N–H and O–H groups in total. The zero-order valence-corrected chi connectivity index (χ0v) is 13.5. The first-order valence-corrected chi connectivity index (χ1v) is 8.78. The van der Waals surface area contributed by atoms with Crippen molar-refractivity contribution >= 4 is 21.4 Å². The van der Waals surface area contributed by atoms with Gasteiger partial charge in [-0.1, -0.05) is 11.6 Å². The fourth-order valence-electron chi connectivity index (χ4n) is 2.43. The van der Waals surface area contributed by atoms with E-state index in [0.717, 1.165) is 19.6 Å². The Morgan fingerprint density at radius 3 is 2.55 bits per heavy atom. The fourth-order valence-corrected chi connectivity index (χ4v) is 3.80. The van der Waals surface area contributed by atoms with Crippen molar-refractivity contribution in [2.45, 2.75) is 24.3 Å². The van der Waals surface area contributed by atoms with E-state index in [9.17, 15) is 8.42 Å². The van der Waals surface area contributed by atoms with E-state index in [1.165, 1.54) is 0 Å². The molecule has 0 aromatic heterocycles. The molecule has 4 nitrogen and oxygen atoms in total. The van der Waals surface area contributed by atoms with Crippen molar-refractivity contribution < 1.29 is 8.42 Å². The topological polar surface area (TPSA) is 49.4 Å². The predicted molar refractivity (Wildman–Crippen MR) is 82.0 cm³/mol. The van der Waals surface area contributed by atoms with Gasteiger partial charge in [0, 0.05) is 36.7 Å². The van der Waals surface area contributed by atoms with E-state index >= 15 is 0 Å². The first-order chi connectivity index (χ1) is 9.31. The maximum absolute atomic E-state index is 12.3. The van der Waals surface area contributed by atoms with Crippen molar-refractivity contribution in [2.24, 2.45) is 0 Å². The van der Waals surface area contributed by atoms with Crippen molar-refractivity contribution in [2.75, 3.05) is 31.9 Å². The number of piperazine rings is 1. The van der Waals surface area contributed by atoms with Gasteiger partial charge in [0.2, 0.25) is 0 Å². The van der Waals surface area contributed by atoms with Crippen LogP contribution in [0.15, 0.2) is 29.2 Å². The molecule has 0 saturated carbocycles. The normalized spacial score (nSPS) is 19.9. The highest BCUT2D eigenvalue weighted by molar-refractivity contribution is 7.91. The summed E-state index contributed by atoms with van der Waals surface area (Å²) in [7, 11) is -3.25. The van der Waals surface area contributed by atoms with Crippen LogP contribution in [0.2, 0.25) is 5.02 Å². The maximum Gasteiger partial charge on any atom is 0.179 e. The second-order valence-electron chi connectivity index (χ2n) is 5.75. The van der Waals surface area contributed by atoms with Crippen molar-refractivity contribution in [1.29, 1.82) is 0 Å². The molecule has 2 rings (SSSR count). The molecule has 0 atom stereocenters. The number of rotatable bonds is 4. The highest BCUT2D eigenvalue weighted by Crippen LogP contribution is 2.19. The van der Waals surface area contributed by atoms with E-state index in [-0.39, 0.29) is 11.3 Å². The predicted octanol–water partition coefficient (Wildman–Crippen LogP) is 1.80. The molecule has 6 heteroatoms. The number of hydrogen-bond acceptors (Lipinski definition) is 4. The lowest BCUT2D eigenvalue weighted by Crippen LogP contribution is -2.58. The van der Waals surface area contributed by atoms with Crippen molar-refractivity contribution in [1.82, 2.24) is 10.2 Å². The summed E-state index contributed by atoms with van der Waals surface area (Å²) in [5.41, 5.74) is -0.00618. The van der Waals surface area contributed by atoms with Crippen LogP contribution in [0, 0.1) is 0 Å². The number of nitrogens with one attached hydrogen (secondary N) is 1.